The van der Waals surface area contributed by atoms with E-state index in [-0.39, 0.29) is 5.82 Å². The molecule has 0 aromatic heterocycles. The van der Waals surface area contributed by atoms with Gasteiger partial charge in [0.25, 0.3) is 0 Å². The van der Waals surface area contributed by atoms with E-state index in [1.165, 1.54) is 17.5 Å². The molecule has 1 aliphatic heterocycles. The van der Waals surface area contributed by atoms with E-state index in [0.29, 0.717) is 6.17 Å². The van der Waals surface area contributed by atoms with Crippen molar-refractivity contribution in [3.63, 3.8) is 0 Å². The predicted molar refractivity (Wildman–Crippen MR) is 95.4 cm³/mol. The van der Waals surface area contributed by atoms with E-state index in [9.17, 15) is 4.39 Å². The Hall–Kier alpha value is -1.87. The third-order valence-electron chi connectivity index (χ3n) is 4.80. The smallest absolute Gasteiger partial charge is 0.123 e. The summed E-state index contributed by atoms with van der Waals surface area (Å²) in [6, 6.07) is 11.6. The topological polar surface area (TPSA) is 6.48 Å². The van der Waals surface area contributed by atoms with Crippen molar-refractivity contribution in [2.24, 2.45) is 0 Å². The Morgan fingerprint density at radius 2 is 1.78 bits per heavy atom. The molecule has 122 valence electrons. The van der Waals surface area contributed by atoms with Gasteiger partial charge in [0, 0.05) is 18.3 Å². The summed E-state index contributed by atoms with van der Waals surface area (Å²) in [5.41, 5.74) is 5.56. The highest BCUT2D eigenvalue weighted by Crippen LogP contribution is 2.35. The van der Waals surface area contributed by atoms with Gasteiger partial charge < -0.3 is 4.90 Å². The number of hydrogen-bond donors (Lipinski definition) is 0. The lowest BCUT2D eigenvalue weighted by Gasteiger charge is -2.33. The van der Waals surface area contributed by atoms with Crippen LogP contribution in [0.25, 0.3) is 11.1 Å². The van der Waals surface area contributed by atoms with E-state index in [1.54, 1.807) is 12.1 Å². The molecular weight excluding hydrogens is 287 g/mol. The van der Waals surface area contributed by atoms with Crippen LogP contribution in [0.15, 0.2) is 36.4 Å². The summed E-state index contributed by atoms with van der Waals surface area (Å²) in [6.45, 7) is 5.29. The third-order valence-corrected chi connectivity index (χ3v) is 4.80. The third kappa shape index (κ3) is 3.25. The van der Waals surface area contributed by atoms with Crippen molar-refractivity contribution in [3.8, 4) is 11.1 Å². The van der Waals surface area contributed by atoms with E-state index >= 15 is 0 Å². The summed E-state index contributed by atoms with van der Waals surface area (Å²) >= 11 is 0. The Balaban J connectivity index is 2.07. The number of halogens is 1. The second-order valence-corrected chi connectivity index (χ2v) is 6.75. The Morgan fingerprint density at radius 1 is 1.09 bits per heavy atom. The maximum Gasteiger partial charge on any atom is 0.123 e. The first-order valence-corrected chi connectivity index (χ1v) is 8.27. The fourth-order valence-corrected chi connectivity index (χ4v) is 3.72. The van der Waals surface area contributed by atoms with Gasteiger partial charge in [-0.3, -0.25) is 4.90 Å². The molecule has 0 bridgehead atoms. The van der Waals surface area contributed by atoms with E-state index in [1.807, 2.05) is 6.07 Å². The van der Waals surface area contributed by atoms with Gasteiger partial charge in [0.15, 0.2) is 0 Å². The largest absolute Gasteiger partial charge is 0.358 e. The minimum Gasteiger partial charge on any atom is -0.358 e. The summed E-state index contributed by atoms with van der Waals surface area (Å²) in [6.07, 6.45) is 2.74. The standard InChI is InChI=1S/C20H25FN2/c1-14-10-15(2)12-16(11-14)18-13-17(21)7-8-19(18)23(4)20-6-5-9-22(20)3/h7-8,10-13,20H,5-6,9H2,1-4H3/t20-/m0/s1. The van der Waals surface area contributed by atoms with Crippen LogP contribution in [0.2, 0.25) is 0 Å². The van der Waals surface area contributed by atoms with Gasteiger partial charge in [-0.15, -0.1) is 0 Å². The second-order valence-electron chi connectivity index (χ2n) is 6.75. The number of rotatable bonds is 3. The van der Waals surface area contributed by atoms with Gasteiger partial charge >= 0.3 is 0 Å². The molecule has 0 saturated carbocycles. The Bertz CT molecular complexity index is 691. The number of benzene rings is 2. The molecule has 0 N–H and O–H groups in total. The first kappa shape index (κ1) is 16.0. The Morgan fingerprint density at radius 3 is 2.39 bits per heavy atom. The zero-order chi connectivity index (χ0) is 16.6. The minimum atomic E-state index is -0.184. The maximum atomic E-state index is 13.9. The number of likely N-dealkylation sites (tertiary alicyclic amines) is 1. The van der Waals surface area contributed by atoms with Gasteiger partial charge in [-0.25, -0.2) is 4.39 Å². The van der Waals surface area contributed by atoms with Crippen LogP contribution in [0.5, 0.6) is 0 Å². The van der Waals surface area contributed by atoms with Crippen molar-refractivity contribution in [2.45, 2.75) is 32.9 Å². The molecule has 1 aliphatic rings. The molecule has 1 atom stereocenters. The van der Waals surface area contributed by atoms with Crippen LogP contribution in [-0.4, -0.2) is 31.7 Å². The molecule has 2 aromatic carbocycles. The van der Waals surface area contributed by atoms with E-state index in [0.717, 1.165) is 29.8 Å². The van der Waals surface area contributed by atoms with Crippen molar-refractivity contribution in [1.82, 2.24) is 4.90 Å². The normalized spacial score (nSPS) is 18.4. The van der Waals surface area contributed by atoms with Crippen LogP contribution in [0.1, 0.15) is 24.0 Å². The summed E-state index contributed by atoms with van der Waals surface area (Å²) in [7, 11) is 4.28. The Labute approximate surface area is 138 Å². The molecule has 1 heterocycles. The zero-order valence-electron chi connectivity index (χ0n) is 14.4. The van der Waals surface area contributed by atoms with E-state index < -0.39 is 0 Å². The second kappa shape index (κ2) is 6.32. The highest BCUT2D eigenvalue weighted by atomic mass is 19.1. The molecule has 3 heteroatoms. The summed E-state index contributed by atoms with van der Waals surface area (Å²) < 4.78 is 13.9. The molecule has 1 fully saturated rings. The summed E-state index contributed by atoms with van der Waals surface area (Å²) in [5, 5.41) is 0. The SMILES string of the molecule is Cc1cc(C)cc(-c2cc(F)ccc2N(C)[C@H]2CCCN2C)c1. The first-order chi connectivity index (χ1) is 11.0. The number of aryl methyl sites for hydroxylation is 2. The molecule has 0 unspecified atom stereocenters. The van der Waals surface area contributed by atoms with Crippen molar-refractivity contribution < 1.29 is 4.39 Å². The van der Waals surface area contributed by atoms with E-state index in [4.69, 9.17) is 0 Å². The molecule has 0 amide bonds. The molecule has 0 aliphatic carbocycles. The maximum absolute atomic E-state index is 13.9. The molecule has 23 heavy (non-hydrogen) atoms. The van der Waals surface area contributed by atoms with Crippen molar-refractivity contribution in [3.05, 3.63) is 53.3 Å². The first-order valence-electron chi connectivity index (χ1n) is 8.27. The monoisotopic (exact) mass is 312 g/mol. The quantitative estimate of drug-likeness (QED) is 0.817. The van der Waals surface area contributed by atoms with Gasteiger partial charge in [-0.05, 0) is 64.0 Å². The number of anilines is 1. The lowest BCUT2D eigenvalue weighted by Crippen LogP contribution is -2.40. The van der Waals surface area contributed by atoms with Crippen LogP contribution in [0.3, 0.4) is 0 Å². The molecule has 2 aromatic rings. The average molecular weight is 312 g/mol. The van der Waals surface area contributed by atoms with Crippen molar-refractivity contribution >= 4 is 5.69 Å². The molecule has 3 rings (SSSR count). The highest BCUT2D eigenvalue weighted by molar-refractivity contribution is 5.79. The van der Waals surface area contributed by atoms with Crippen molar-refractivity contribution in [1.29, 1.82) is 0 Å². The molecule has 0 spiro atoms. The van der Waals surface area contributed by atoms with Crippen LogP contribution in [-0.2, 0) is 0 Å². The van der Waals surface area contributed by atoms with Crippen LogP contribution >= 0.6 is 0 Å². The molecular formula is C20H25FN2. The number of hydrogen-bond acceptors (Lipinski definition) is 2. The predicted octanol–water partition coefficient (Wildman–Crippen LogP) is 4.60. The zero-order valence-corrected chi connectivity index (χ0v) is 14.4. The van der Waals surface area contributed by atoms with Gasteiger partial charge in [0.2, 0.25) is 0 Å². The van der Waals surface area contributed by atoms with Crippen LogP contribution < -0.4 is 4.90 Å². The molecule has 0 radical (unpaired) electrons. The van der Waals surface area contributed by atoms with E-state index in [2.05, 4.69) is 55.9 Å². The number of nitrogens with zero attached hydrogens (tertiary/aromatic N) is 2. The van der Waals surface area contributed by atoms with Crippen LogP contribution in [0.4, 0.5) is 10.1 Å². The average Bonchev–Trinajstić information content (AvgIpc) is 2.91. The van der Waals surface area contributed by atoms with Gasteiger partial charge in [0.05, 0.1) is 6.17 Å². The summed E-state index contributed by atoms with van der Waals surface area (Å²) in [5.74, 6) is -0.184. The highest BCUT2D eigenvalue weighted by Gasteiger charge is 2.26. The van der Waals surface area contributed by atoms with Gasteiger partial charge in [-0.2, -0.15) is 0 Å². The lowest BCUT2D eigenvalue weighted by atomic mass is 9.98. The van der Waals surface area contributed by atoms with Gasteiger partial charge in [0.1, 0.15) is 5.82 Å². The molecule has 1 saturated heterocycles. The fourth-order valence-electron chi connectivity index (χ4n) is 3.72. The van der Waals surface area contributed by atoms with Crippen molar-refractivity contribution in [2.75, 3.05) is 25.5 Å². The van der Waals surface area contributed by atoms with Crippen LogP contribution in [0, 0.1) is 19.7 Å². The minimum absolute atomic E-state index is 0.184. The Kier molecular flexibility index (Phi) is 4.40. The fraction of sp³-hybridized carbons (Fsp3) is 0.400. The lowest BCUT2D eigenvalue weighted by molar-refractivity contribution is 0.308. The summed E-state index contributed by atoms with van der Waals surface area (Å²) in [4.78, 5) is 4.66. The van der Waals surface area contributed by atoms with Gasteiger partial charge in [-0.1, -0.05) is 29.3 Å². The molecule has 2 nitrogen and oxygen atoms in total.